The summed E-state index contributed by atoms with van der Waals surface area (Å²) >= 11 is 9.42. The van der Waals surface area contributed by atoms with Gasteiger partial charge in [-0.15, -0.1) is 0 Å². The van der Waals surface area contributed by atoms with Crippen molar-refractivity contribution in [2.24, 2.45) is 10.2 Å². The summed E-state index contributed by atoms with van der Waals surface area (Å²) in [6, 6.07) is 0. The Hall–Kier alpha value is -0.526. The van der Waals surface area contributed by atoms with Crippen LogP contribution < -0.4 is 10.6 Å². The number of nitrogens with zero attached hydrogens (tertiary/aromatic N) is 4. The van der Waals surface area contributed by atoms with Crippen LogP contribution in [-0.4, -0.2) is 62.6 Å². The Morgan fingerprint density at radius 1 is 0.824 bits per heavy atom. The van der Waals surface area contributed by atoms with E-state index < -0.39 is 0 Å². The van der Waals surface area contributed by atoms with Gasteiger partial charge in [0.15, 0.2) is 0 Å². The summed E-state index contributed by atoms with van der Waals surface area (Å²) in [6.07, 6.45) is 0. The molecule has 0 atom stereocenters. The van der Waals surface area contributed by atoms with E-state index in [4.69, 9.17) is 25.3 Å². The van der Waals surface area contributed by atoms with Gasteiger partial charge >= 0.3 is 0 Å². The van der Waals surface area contributed by atoms with Crippen molar-refractivity contribution in [1.82, 2.24) is 20.7 Å². The van der Waals surface area contributed by atoms with Gasteiger partial charge in [0.05, 0.1) is 0 Å². The zero-order chi connectivity index (χ0) is 13.1. The van der Waals surface area contributed by atoms with Gasteiger partial charge in [0.2, 0.25) is 0 Å². The van der Waals surface area contributed by atoms with Crippen LogP contribution in [0.1, 0.15) is 0 Å². The molecule has 0 bridgehead atoms. The minimum Gasteiger partial charge on any atom is -0.741 e. The van der Waals surface area contributed by atoms with Gasteiger partial charge in [-0.1, -0.05) is 0 Å². The molecule has 0 aromatic heterocycles. The molecule has 0 amide bonds. The van der Waals surface area contributed by atoms with Crippen LogP contribution in [0, 0.1) is 0 Å². The molecule has 0 spiro atoms. The van der Waals surface area contributed by atoms with E-state index >= 15 is 0 Å². The van der Waals surface area contributed by atoms with E-state index in [0.29, 0.717) is 10.3 Å². The molecule has 17 heavy (non-hydrogen) atoms. The molecule has 2 N–H and O–H groups in total. The molecule has 0 aliphatic heterocycles. The first-order chi connectivity index (χ1) is 7.33. The van der Waals surface area contributed by atoms with E-state index in [2.05, 4.69) is 20.8 Å². The predicted octanol–water partition coefficient (Wildman–Crippen LogP) is -0.832. The standard InChI is InChI=1S/2C4H11N3S.Ni/c2*1-5-4(8)6-7(2)3;/h2*1-3H3,(H2,5,6,8);/p-2. The Morgan fingerprint density at radius 3 is 1.12 bits per heavy atom. The summed E-state index contributed by atoms with van der Waals surface area (Å²) < 4.78 is 0. The van der Waals surface area contributed by atoms with Gasteiger partial charge < -0.3 is 45.9 Å². The van der Waals surface area contributed by atoms with Crippen LogP contribution in [0.2, 0.25) is 0 Å². The Labute approximate surface area is 125 Å². The number of hydrogen-bond acceptors (Lipinski definition) is 6. The third kappa shape index (κ3) is 21.3. The summed E-state index contributed by atoms with van der Waals surface area (Å²) in [5, 5.41) is 17.5. The zero-order valence-corrected chi connectivity index (χ0v) is 13.5. The van der Waals surface area contributed by atoms with Crippen molar-refractivity contribution < 1.29 is 16.5 Å². The fourth-order valence-corrected chi connectivity index (χ4v) is 0.790. The molecule has 0 aromatic rings. The molecule has 0 fully saturated rings. The molecule has 0 radical (unpaired) electrons. The predicted molar refractivity (Wildman–Crippen MR) is 75.1 cm³/mol. The first kappa shape index (κ1) is 21.7. The Bertz CT molecular complexity index is 208. The summed E-state index contributed by atoms with van der Waals surface area (Å²) in [6.45, 7) is 0. The number of amidine groups is 2. The first-order valence-corrected chi connectivity index (χ1v) is 5.36. The molecule has 0 aliphatic carbocycles. The summed E-state index contributed by atoms with van der Waals surface area (Å²) in [4.78, 5) is 0. The number of rotatable bonds is 2. The maximum Gasteiger partial charge on any atom is 0.0244 e. The van der Waals surface area contributed by atoms with E-state index in [9.17, 15) is 0 Å². The van der Waals surface area contributed by atoms with E-state index in [0.717, 1.165) is 0 Å². The van der Waals surface area contributed by atoms with Crippen LogP contribution >= 0.6 is 0 Å². The summed E-state index contributed by atoms with van der Waals surface area (Å²) in [5.41, 5.74) is 0. The second-order valence-electron chi connectivity index (χ2n) is 3.00. The second kappa shape index (κ2) is 13.5. The maximum absolute atomic E-state index is 4.71. The SMILES string of the molecule is CNC([S-])=NN(C)C.CNC([S-])=NN(C)C.[Ni]. The Balaban J connectivity index is -0.000000218. The third-order valence-electron chi connectivity index (χ3n) is 1.01. The van der Waals surface area contributed by atoms with Gasteiger partial charge in [-0.05, 0) is 10.3 Å². The van der Waals surface area contributed by atoms with E-state index in [1.54, 1.807) is 24.1 Å². The fraction of sp³-hybridized carbons (Fsp3) is 0.750. The van der Waals surface area contributed by atoms with Crippen LogP contribution in [0.3, 0.4) is 0 Å². The smallest absolute Gasteiger partial charge is 0.0244 e. The largest absolute Gasteiger partial charge is 0.741 e. The molecule has 106 valence electrons. The summed E-state index contributed by atoms with van der Waals surface area (Å²) in [7, 11) is 10.8. The topological polar surface area (TPSA) is 55.3 Å². The molecule has 0 unspecified atom stereocenters. The van der Waals surface area contributed by atoms with Crippen LogP contribution in [0.15, 0.2) is 10.2 Å². The molecule has 0 saturated heterocycles. The minimum atomic E-state index is 0. The molecular weight excluding hydrogens is 303 g/mol. The molecular formula is C8H20N6NiS2-2. The molecule has 0 rings (SSSR count). The van der Waals surface area contributed by atoms with Crippen LogP contribution in [-0.2, 0) is 41.7 Å². The number of hydrogen-bond donors (Lipinski definition) is 2. The van der Waals surface area contributed by atoms with Crippen molar-refractivity contribution in [3.63, 3.8) is 0 Å². The van der Waals surface area contributed by atoms with Crippen molar-refractivity contribution >= 4 is 35.6 Å². The van der Waals surface area contributed by atoms with Crippen molar-refractivity contribution in [3.05, 3.63) is 0 Å². The van der Waals surface area contributed by atoms with Gasteiger partial charge in [-0.3, -0.25) is 0 Å². The van der Waals surface area contributed by atoms with Crippen molar-refractivity contribution in [2.75, 3.05) is 42.3 Å². The Morgan fingerprint density at radius 2 is 1.06 bits per heavy atom. The van der Waals surface area contributed by atoms with Crippen molar-refractivity contribution in [2.45, 2.75) is 0 Å². The quantitative estimate of drug-likeness (QED) is 0.227. The Kier molecular flexibility index (Phi) is 17.3. The van der Waals surface area contributed by atoms with Crippen molar-refractivity contribution in [1.29, 1.82) is 0 Å². The maximum atomic E-state index is 4.71. The van der Waals surface area contributed by atoms with Crippen LogP contribution in [0.4, 0.5) is 0 Å². The van der Waals surface area contributed by atoms with Gasteiger partial charge in [-0.2, -0.15) is 10.2 Å². The normalized spacial score (nSPS) is 10.5. The monoisotopic (exact) mass is 322 g/mol. The van der Waals surface area contributed by atoms with Crippen LogP contribution in [0.5, 0.6) is 0 Å². The van der Waals surface area contributed by atoms with E-state index in [1.807, 2.05) is 28.2 Å². The van der Waals surface area contributed by atoms with Crippen LogP contribution in [0.25, 0.3) is 0 Å². The third-order valence-corrected chi connectivity index (χ3v) is 1.58. The molecule has 0 saturated carbocycles. The summed E-state index contributed by atoms with van der Waals surface area (Å²) in [5.74, 6) is 0. The van der Waals surface area contributed by atoms with Gasteiger partial charge in [0.25, 0.3) is 0 Å². The molecule has 6 nitrogen and oxygen atoms in total. The van der Waals surface area contributed by atoms with Gasteiger partial charge in [0.1, 0.15) is 0 Å². The van der Waals surface area contributed by atoms with Gasteiger partial charge in [-0.25, -0.2) is 0 Å². The van der Waals surface area contributed by atoms with Crippen molar-refractivity contribution in [3.8, 4) is 0 Å². The average molecular weight is 323 g/mol. The zero-order valence-electron chi connectivity index (χ0n) is 10.9. The van der Waals surface area contributed by atoms with Gasteiger partial charge in [0, 0.05) is 58.8 Å². The average Bonchev–Trinajstić information content (AvgIpc) is 2.16. The minimum absolute atomic E-state index is 0. The molecule has 0 aliphatic rings. The van der Waals surface area contributed by atoms with E-state index in [1.165, 1.54) is 0 Å². The van der Waals surface area contributed by atoms with E-state index in [-0.39, 0.29) is 16.5 Å². The number of hydrazone groups is 2. The fourth-order valence-electron chi connectivity index (χ4n) is 0.463. The second-order valence-corrected chi connectivity index (χ2v) is 3.78. The number of nitrogens with one attached hydrogen (secondary N) is 2. The first-order valence-electron chi connectivity index (χ1n) is 4.54. The molecule has 9 heteroatoms. The molecule has 0 aromatic carbocycles. The molecule has 0 heterocycles.